The van der Waals surface area contributed by atoms with E-state index >= 15 is 0 Å². The van der Waals surface area contributed by atoms with E-state index in [0.717, 1.165) is 17.0 Å². The molecule has 3 N–H and O–H groups in total. The summed E-state index contributed by atoms with van der Waals surface area (Å²) in [4.78, 5) is 17.5. The highest BCUT2D eigenvalue weighted by Gasteiger charge is 2.07. The Morgan fingerprint density at radius 1 is 1.00 bits per heavy atom. The van der Waals surface area contributed by atoms with E-state index in [2.05, 4.69) is 30.6 Å². The minimum Gasteiger partial charge on any atom is -0.396 e. The van der Waals surface area contributed by atoms with Gasteiger partial charge in [0.15, 0.2) is 0 Å². The minimum absolute atomic E-state index is 0.125. The van der Waals surface area contributed by atoms with Gasteiger partial charge in [0.1, 0.15) is 5.82 Å². The number of pyridine rings is 2. The molecule has 0 radical (unpaired) electrons. The van der Waals surface area contributed by atoms with E-state index in [9.17, 15) is 0 Å². The van der Waals surface area contributed by atoms with Crippen molar-refractivity contribution in [1.29, 1.82) is 0 Å². The number of anilines is 2. The fraction of sp³-hybridized carbons (Fsp3) is 0.222. The summed E-state index contributed by atoms with van der Waals surface area (Å²) >= 11 is 0. The van der Waals surface area contributed by atoms with Crippen molar-refractivity contribution >= 4 is 11.8 Å². The fourth-order valence-electron chi connectivity index (χ4n) is 2.24. The Hall–Kier alpha value is -3.06. The molecule has 0 saturated carbocycles. The van der Waals surface area contributed by atoms with Gasteiger partial charge in [-0.15, -0.1) is 0 Å². The van der Waals surface area contributed by atoms with Crippen LogP contribution in [0.3, 0.4) is 0 Å². The summed E-state index contributed by atoms with van der Waals surface area (Å²) in [5.74, 6) is 1.21. The summed E-state index contributed by atoms with van der Waals surface area (Å²) in [6, 6.07) is 11.5. The van der Waals surface area contributed by atoms with Gasteiger partial charge in [-0.2, -0.15) is 4.98 Å². The summed E-state index contributed by atoms with van der Waals surface area (Å²) < 4.78 is 0. The number of aliphatic hydroxyl groups is 1. The lowest BCUT2D eigenvalue weighted by molar-refractivity contribution is 0.292. The third kappa shape index (κ3) is 4.95. The number of aliphatic hydroxyl groups excluding tert-OH is 1. The standard InChI is InChI=1S/C18H20N6O/c25-10-4-9-21-18-23-16(14-5-3-7-19-12-14)11-17(24-18)22-13-15-6-1-2-8-20-15/h1-3,5-8,11-12,25H,4,9-10,13H2,(H2,21,22,23,24). The molecule has 7 heteroatoms. The lowest BCUT2D eigenvalue weighted by Crippen LogP contribution is -2.10. The number of rotatable bonds is 8. The molecule has 0 aliphatic rings. The summed E-state index contributed by atoms with van der Waals surface area (Å²) in [6.07, 6.45) is 5.89. The van der Waals surface area contributed by atoms with Gasteiger partial charge in [-0.05, 0) is 30.7 Å². The monoisotopic (exact) mass is 336 g/mol. The Bertz CT molecular complexity index is 782. The smallest absolute Gasteiger partial charge is 0.225 e. The summed E-state index contributed by atoms with van der Waals surface area (Å²) in [5, 5.41) is 15.3. The van der Waals surface area contributed by atoms with Crippen LogP contribution in [0.4, 0.5) is 11.8 Å². The lowest BCUT2D eigenvalue weighted by atomic mass is 10.2. The average Bonchev–Trinajstić information content (AvgIpc) is 2.68. The van der Waals surface area contributed by atoms with Crippen LogP contribution in [0.5, 0.6) is 0 Å². The van der Waals surface area contributed by atoms with Crippen LogP contribution in [0.25, 0.3) is 11.3 Å². The topological polar surface area (TPSA) is 95.8 Å². The highest BCUT2D eigenvalue weighted by molar-refractivity contribution is 5.63. The molecular weight excluding hydrogens is 316 g/mol. The molecule has 0 aromatic carbocycles. The van der Waals surface area contributed by atoms with Crippen LogP contribution in [0.15, 0.2) is 55.0 Å². The Kier molecular flexibility index (Phi) is 5.84. The number of hydrogen-bond acceptors (Lipinski definition) is 7. The zero-order valence-electron chi connectivity index (χ0n) is 13.8. The van der Waals surface area contributed by atoms with E-state index in [1.807, 2.05) is 36.4 Å². The van der Waals surface area contributed by atoms with E-state index < -0.39 is 0 Å². The molecule has 0 fully saturated rings. The molecule has 3 aromatic heterocycles. The molecule has 0 aliphatic carbocycles. The van der Waals surface area contributed by atoms with Crippen LogP contribution in [0.1, 0.15) is 12.1 Å². The van der Waals surface area contributed by atoms with E-state index in [-0.39, 0.29) is 6.61 Å². The molecule has 3 heterocycles. The number of nitrogens with zero attached hydrogens (tertiary/aromatic N) is 4. The van der Waals surface area contributed by atoms with Gasteiger partial charge in [-0.25, -0.2) is 4.98 Å². The predicted molar refractivity (Wildman–Crippen MR) is 97.0 cm³/mol. The Balaban J connectivity index is 1.81. The van der Waals surface area contributed by atoms with Crippen LogP contribution in [0, 0.1) is 0 Å². The number of hydrogen-bond donors (Lipinski definition) is 3. The molecule has 3 rings (SSSR count). The van der Waals surface area contributed by atoms with Gasteiger partial charge < -0.3 is 15.7 Å². The first-order valence-electron chi connectivity index (χ1n) is 8.13. The molecule has 25 heavy (non-hydrogen) atoms. The zero-order valence-corrected chi connectivity index (χ0v) is 13.8. The van der Waals surface area contributed by atoms with Gasteiger partial charge in [0, 0.05) is 43.4 Å². The summed E-state index contributed by atoms with van der Waals surface area (Å²) in [5.41, 5.74) is 2.62. The molecule has 0 amide bonds. The minimum atomic E-state index is 0.125. The van der Waals surface area contributed by atoms with Gasteiger partial charge in [0.05, 0.1) is 17.9 Å². The molecule has 7 nitrogen and oxygen atoms in total. The maximum atomic E-state index is 8.93. The van der Waals surface area contributed by atoms with Crippen molar-refractivity contribution in [3.05, 3.63) is 60.7 Å². The number of nitrogens with one attached hydrogen (secondary N) is 2. The summed E-state index contributed by atoms with van der Waals surface area (Å²) in [6.45, 7) is 1.30. The van der Waals surface area contributed by atoms with Crippen molar-refractivity contribution < 1.29 is 5.11 Å². The SMILES string of the molecule is OCCCNc1nc(NCc2ccccn2)cc(-c2cccnc2)n1. The lowest BCUT2D eigenvalue weighted by Gasteiger charge is -2.11. The summed E-state index contributed by atoms with van der Waals surface area (Å²) in [7, 11) is 0. The third-order valence-corrected chi connectivity index (χ3v) is 3.48. The van der Waals surface area contributed by atoms with Gasteiger partial charge in [-0.3, -0.25) is 9.97 Å². The van der Waals surface area contributed by atoms with Crippen molar-refractivity contribution in [1.82, 2.24) is 19.9 Å². The first kappa shape index (κ1) is 16.8. The van der Waals surface area contributed by atoms with Crippen LogP contribution in [-0.2, 0) is 6.54 Å². The van der Waals surface area contributed by atoms with Crippen LogP contribution >= 0.6 is 0 Å². The van der Waals surface area contributed by atoms with Gasteiger partial charge in [0.2, 0.25) is 5.95 Å². The second-order valence-electron chi connectivity index (χ2n) is 5.38. The van der Waals surface area contributed by atoms with Gasteiger partial charge in [-0.1, -0.05) is 6.07 Å². The van der Waals surface area contributed by atoms with E-state index in [1.165, 1.54) is 0 Å². The normalized spacial score (nSPS) is 10.4. The zero-order chi connectivity index (χ0) is 17.3. The first-order valence-corrected chi connectivity index (χ1v) is 8.13. The maximum absolute atomic E-state index is 8.93. The molecule has 128 valence electrons. The van der Waals surface area contributed by atoms with Crippen molar-refractivity contribution in [2.75, 3.05) is 23.8 Å². The van der Waals surface area contributed by atoms with Crippen LogP contribution in [0.2, 0.25) is 0 Å². The Morgan fingerprint density at radius 2 is 1.96 bits per heavy atom. The van der Waals surface area contributed by atoms with Crippen molar-refractivity contribution in [3.8, 4) is 11.3 Å². The second-order valence-corrected chi connectivity index (χ2v) is 5.38. The fourth-order valence-corrected chi connectivity index (χ4v) is 2.24. The maximum Gasteiger partial charge on any atom is 0.225 e. The second kappa shape index (κ2) is 8.70. The third-order valence-electron chi connectivity index (χ3n) is 3.48. The molecule has 0 spiro atoms. The highest BCUT2D eigenvalue weighted by atomic mass is 16.3. The Morgan fingerprint density at radius 3 is 2.72 bits per heavy atom. The molecule has 0 bridgehead atoms. The molecule has 3 aromatic rings. The van der Waals surface area contributed by atoms with Crippen molar-refractivity contribution in [3.63, 3.8) is 0 Å². The number of aromatic nitrogens is 4. The van der Waals surface area contributed by atoms with Crippen LogP contribution < -0.4 is 10.6 Å². The van der Waals surface area contributed by atoms with Crippen molar-refractivity contribution in [2.45, 2.75) is 13.0 Å². The largest absolute Gasteiger partial charge is 0.396 e. The average molecular weight is 336 g/mol. The molecule has 0 aliphatic heterocycles. The van der Waals surface area contributed by atoms with E-state index in [1.54, 1.807) is 18.6 Å². The van der Waals surface area contributed by atoms with E-state index in [4.69, 9.17) is 5.11 Å². The van der Waals surface area contributed by atoms with E-state index in [0.29, 0.717) is 31.3 Å². The Labute approximate surface area is 146 Å². The molecular formula is C18H20N6O. The molecule has 0 atom stereocenters. The van der Waals surface area contributed by atoms with Gasteiger partial charge >= 0.3 is 0 Å². The first-order chi connectivity index (χ1) is 12.3. The van der Waals surface area contributed by atoms with Crippen molar-refractivity contribution in [2.24, 2.45) is 0 Å². The molecule has 0 unspecified atom stereocenters. The highest BCUT2D eigenvalue weighted by Crippen LogP contribution is 2.21. The molecule has 0 saturated heterocycles. The van der Waals surface area contributed by atoms with Crippen LogP contribution in [-0.4, -0.2) is 38.2 Å². The quantitative estimate of drug-likeness (QED) is 0.543. The van der Waals surface area contributed by atoms with Gasteiger partial charge in [0.25, 0.3) is 0 Å². The predicted octanol–water partition coefficient (Wildman–Crippen LogP) is 2.34.